The maximum Gasteiger partial charge on any atom is 0.0438 e. The van der Waals surface area contributed by atoms with Crippen molar-refractivity contribution in [3.63, 3.8) is 0 Å². The predicted octanol–water partition coefficient (Wildman–Crippen LogP) is 4.67. The summed E-state index contributed by atoms with van der Waals surface area (Å²) in [6.07, 6.45) is 0.894. The summed E-state index contributed by atoms with van der Waals surface area (Å²) in [4.78, 5) is 0. The highest BCUT2D eigenvalue weighted by Gasteiger charge is 2.15. The SMILES string of the molecule is CNC(Cc1ccccc1Cl)c1cscc1Br. The van der Waals surface area contributed by atoms with E-state index in [2.05, 4.69) is 38.1 Å². The second-order valence-corrected chi connectivity index (χ2v) is 5.82. The third kappa shape index (κ3) is 3.10. The molecule has 0 spiro atoms. The minimum atomic E-state index is 0.288. The van der Waals surface area contributed by atoms with Crippen molar-refractivity contribution in [2.45, 2.75) is 12.5 Å². The fourth-order valence-electron chi connectivity index (χ4n) is 1.79. The third-order valence-electron chi connectivity index (χ3n) is 2.75. The molecule has 1 unspecified atom stereocenters. The lowest BCUT2D eigenvalue weighted by molar-refractivity contribution is 0.592. The van der Waals surface area contributed by atoms with Crippen LogP contribution in [0.2, 0.25) is 5.02 Å². The van der Waals surface area contributed by atoms with Crippen LogP contribution < -0.4 is 5.32 Å². The molecule has 90 valence electrons. The van der Waals surface area contributed by atoms with E-state index >= 15 is 0 Å². The lowest BCUT2D eigenvalue weighted by Gasteiger charge is -2.16. The molecule has 0 saturated heterocycles. The number of rotatable bonds is 4. The summed E-state index contributed by atoms with van der Waals surface area (Å²) < 4.78 is 1.16. The standard InChI is InChI=1S/C13H13BrClNS/c1-16-13(10-7-17-8-11(10)14)6-9-4-2-3-5-12(9)15/h2-5,7-8,13,16H,6H2,1H3. The van der Waals surface area contributed by atoms with Crippen molar-refractivity contribution < 1.29 is 0 Å². The van der Waals surface area contributed by atoms with Crippen LogP contribution in [-0.2, 0) is 6.42 Å². The second-order valence-electron chi connectivity index (χ2n) is 3.81. The number of likely N-dealkylation sites (N-methyl/N-ethyl adjacent to an activating group) is 1. The molecule has 2 rings (SSSR count). The fourth-order valence-corrected chi connectivity index (χ4v) is 3.63. The molecule has 1 aromatic heterocycles. The molecule has 0 saturated carbocycles. The first-order chi connectivity index (χ1) is 8.22. The molecule has 1 heterocycles. The van der Waals surface area contributed by atoms with Gasteiger partial charge in [0.25, 0.3) is 0 Å². The van der Waals surface area contributed by atoms with E-state index in [0.717, 1.165) is 15.9 Å². The zero-order valence-electron chi connectivity index (χ0n) is 9.41. The molecule has 0 amide bonds. The Kier molecular flexibility index (Phi) is 4.62. The fraction of sp³-hybridized carbons (Fsp3) is 0.231. The number of thiophene rings is 1. The minimum absolute atomic E-state index is 0.288. The maximum absolute atomic E-state index is 6.19. The normalized spacial score (nSPS) is 12.6. The first kappa shape index (κ1) is 13.1. The van der Waals surface area contributed by atoms with Gasteiger partial charge in [-0.1, -0.05) is 29.8 Å². The quantitative estimate of drug-likeness (QED) is 0.859. The maximum atomic E-state index is 6.19. The molecule has 4 heteroatoms. The highest BCUT2D eigenvalue weighted by molar-refractivity contribution is 9.10. The summed E-state index contributed by atoms with van der Waals surface area (Å²) in [6, 6.07) is 8.28. The van der Waals surface area contributed by atoms with Crippen LogP contribution in [0.5, 0.6) is 0 Å². The van der Waals surface area contributed by atoms with Crippen molar-refractivity contribution in [3.8, 4) is 0 Å². The molecular formula is C13H13BrClNS. The monoisotopic (exact) mass is 329 g/mol. The van der Waals surface area contributed by atoms with Crippen LogP contribution in [-0.4, -0.2) is 7.05 Å². The second kappa shape index (κ2) is 6.01. The zero-order chi connectivity index (χ0) is 12.3. The van der Waals surface area contributed by atoms with Crippen molar-refractivity contribution in [3.05, 3.63) is 55.6 Å². The molecule has 0 aliphatic carbocycles. The first-order valence-corrected chi connectivity index (χ1v) is 7.46. The number of nitrogens with one attached hydrogen (secondary N) is 1. The summed E-state index contributed by atoms with van der Waals surface area (Å²) in [7, 11) is 1.98. The van der Waals surface area contributed by atoms with Gasteiger partial charge in [0.05, 0.1) is 0 Å². The van der Waals surface area contributed by atoms with Gasteiger partial charge in [-0.15, -0.1) is 0 Å². The molecule has 2 aromatic rings. The van der Waals surface area contributed by atoms with Crippen LogP contribution in [0.3, 0.4) is 0 Å². The lowest BCUT2D eigenvalue weighted by Crippen LogP contribution is -2.18. The van der Waals surface area contributed by atoms with E-state index in [1.54, 1.807) is 11.3 Å². The molecule has 1 atom stereocenters. The Balaban J connectivity index is 2.22. The number of hydrogen-bond donors (Lipinski definition) is 1. The van der Waals surface area contributed by atoms with Crippen LogP contribution in [0.1, 0.15) is 17.2 Å². The van der Waals surface area contributed by atoms with E-state index < -0.39 is 0 Å². The Morgan fingerprint density at radius 2 is 2.12 bits per heavy atom. The van der Waals surface area contributed by atoms with Gasteiger partial charge >= 0.3 is 0 Å². The summed E-state index contributed by atoms with van der Waals surface area (Å²) in [5.74, 6) is 0. The van der Waals surface area contributed by atoms with E-state index in [1.165, 1.54) is 11.1 Å². The van der Waals surface area contributed by atoms with Crippen LogP contribution in [0.15, 0.2) is 39.5 Å². The number of hydrogen-bond acceptors (Lipinski definition) is 2. The highest BCUT2D eigenvalue weighted by Crippen LogP contribution is 2.30. The van der Waals surface area contributed by atoms with Gasteiger partial charge in [0.2, 0.25) is 0 Å². The van der Waals surface area contributed by atoms with Crippen molar-refractivity contribution in [2.24, 2.45) is 0 Å². The summed E-state index contributed by atoms with van der Waals surface area (Å²) in [6.45, 7) is 0. The highest BCUT2D eigenvalue weighted by atomic mass is 79.9. The van der Waals surface area contributed by atoms with Crippen LogP contribution in [0.4, 0.5) is 0 Å². The van der Waals surface area contributed by atoms with E-state index in [-0.39, 0.29) is 6.04 Å². The van der Waals surface area contributed by atoms with Gasteiger partial charge in [-0.25, -0.2) is 0 Å². The Morgan fingerprint density at radius 1 is 1.35 bits per heavy atom. The zero-order valence-corrected chi connectivity index (χ0v) is 12.6. The summed E-state index contributed by atoms with van der Waals surface area (Å²) in [5.41, 5.74) is 2.46. The van der Waals surface area contributed by atoms with Crippen LogP contribution in [0.25, 0.3) is 0 Å². The largest absolute Gasteiger partial charge is 0.313 e. The van der Waals surface area contributed by atoms with Crippen LogP contribution >= 0.6 is 38.9 Å². The number of benzene rings is 1. The summed E-state index contributed by atoms with van der Waals surface area (Å²) >= 11 is 11.5. The molecule has 0 aliphatic rings. The van der Waals surface area contributed by atoms with Gasteiger partial charge in [0.15, 0.2) is 0 Å². The van der Waals surface area contributed by atoms with E-state index in [0.29, 0.717) is 0 Å². The molecule has 0 bridgehead atoms. The van der Waals surface area contributed by atoms with Crippen molar-refractivity contribution in [2.75, 3.05) is 7.05 Å². The molecular weight excluding hydrogens is 318 g/mol. The van der Waals surface area contributed by atoms with Gasteiger partial charge in [-0.3, -0.25) is 0 Å². The Bertz CT molecular complexity index is 498. The Labute approximate surface area is 119 Å². The van der Waals surface area contributed by atoms with E-state index in [9.17, 15) is 0 Å². The van der Waals surface area contributed by atoms with Gasteiger partial charge in [-0.2, -0.15) is 11.3 Å². The van der Waals surface area contributed by atoms with Crippen molar-refractivity contribution in [1.82, 2.24) is 5.32 Å². The smallest absolute Gasteiger partial charge is 0.0438 e. The third-order valence-corrected chi connectivity index (χ3v) is 4.87. The van der Waals surface area contributed by atoms with Gasteiger partial charge < -0.3 is 5.32 Å². The van der Waals surface area contributed by atoms with Crippen LogP contribution in [0, 0.1) is 0 Å². The minimum Gasteiger partial charge on any atom is -0.313 e. The van der Waals surface area contributed by atoms with E-state index in [1.807, 2.05) is 25.2 Å². The first-order valence-electron chi connectivity index (χ1n) is 5.34. The van der Waals surface area contributed by atoms with Gasteiger partial charge in [-0.05, 0) is 52.0 Å². The lowest BCUT2D eigenvalue weighted by atomic mass is 10.0. The molecule has 0 aliphatic heterocycles. The Hall–Kier alpha value is -0.350. The molecule has 1 aromatic carbocycles. The topological polar surface area (TPSA) is 12.0 Å². The van der Waals surface area contributed by atoms with Crippen molar-refractivity contribution in [1.29, 1.82) is 0 Å². The van der Waals surface area contributed by atoms with E-state index in [4.69, 9.17) is 11.6 Å². The molecule has 17 heavy (non-hydrogen) atoms. The average molecular weight is 331 g/mol. The Morgan fingerprint density at radius 3 is 2.71 bits per heavy atom. The number of halogens is 2. The van der Waals surface area contributed by atoms with Gasteiger partial charge in [0.1, 0.15) is 0 Å². The van der Waals surface area contributed by atoms with Gasteiger partial charge in [0, 0.05) is 20.9 Å². The summed E-state index contributed by atoms with van der Waals surface area (Å²) in [5, 5.41) is 8.44. The molecule has 0 radical (unpaired) electrons. The molecule has 0 fully saturated rings. The average Bonchev–Trinajstić information content (AvgIpc) is 2.75. The molecule has 1 N–H and O–H groups in total. The predicted molar refractivity (Wildman–Crippen MR) is 79.0 cm³/mol. The van der Waals surface area contributed by atoms with Crippen molar-refractivity contribution >= 4 is 38.9 Å². The molecule has 1 nitrogen and oxygen atoms in total.